The Morgan fingerprint density at radius 3 is 1.75 bits per heavy atom. The van der Waals surface area contributed by atoms with Gasteiger partial charge in [-0.3, -0.25) is 0 Å². The zero-order valence-corrected chi connectivity index (χ0v) is 11.8. The second-order valence-electron chi connectivity index (χ2n) is 4.80. The molecular formula is C14H23NS. The highest BCUT2D eigenvalue weighted by atomic mass is 32.1. The van der Waals surface area contributed by atoms with Gasteiger partial charge in [0.1, 0.15) is 0 Å². The van der Waals surface area contributed by atoms with E-state index in [0.29, 0.717) is 5.92 Å². The van der Waals surface area contributed by atoms with Gasteiger partial charge in [0.05, 0.1) is 0 Å². The van der Waals surface area contributed by atoms with Crippen LogP contribution in [0.4, 0.5) is 0 Å². The monoisotopic (exact) mass is 237 g/mol. The first-order valence-electron chi connectivity index (χ1n) is 5.74. The molecule has 16 heavy (non-hydrogen) atoms. The summed E-state index contributed by atoms with van der Waals surface area (Å²) in [5.41, 5.74) is 2.45. The summed E-state index contributed by atoms with van der Waals surface area (Å²) in [6.45, 7) is 10.9. The van der Waals surface area contributed by atoms with Crippen molar-refractivity contribution < 1.29 is 0 Å². The van der Waals surface area contributed by atoms with Crippen molar-refractivity contribution in [2.45, 2.75) is 40.5 Å². The van der Waals surface area contributed by atoms with E-state index in [0.717, 1.165) is 11.5 Å². The molecule has 0 saturated carbocycles. The van der Waals surface area contributed by atoms with E-state index in [9.17, 15) is 0 Å². The average molecular weight is 237 g/mol. The Labute approximate surface area is 106 Å². The maximum atomic E-state index is 3.77. The molecule has 0 bridgehead atoms. The fraction of sp³-hybridized carbons (Fsp3) is 0.500. The van der Waals surface area contributed by atoms with E-state index < -0.39 is 0 Å². The number of nitrogens with zero attached hydrogens (tertiary/aromatic N) is 1. The van der Waals surface area contributed by atoms with Crippen LogP contribution in [-0.2, 0) is 0 Å². The summed E-state index contributed by atoms with van der Waals surface area (Å²) in [6, 6.07) is 8.34. The third-order valence-electron chi connectivity index (χ3n) is 1.81. The third kappa shape index (κ3) is 7.52. The van der Waals surface area contributed by atoms with E-state index >= 15 is 0 Å². The Morgan fingerprint density at radius 2 is 1.44 bits per heavy atom. The molecule has 0 unspecified atom stereocenters. The average Bonchev–Trinajstić information content (AvgIpc) is 2.18. The summed E-state index contributed by atoms with van der Waals surface area (Å²) in [5, 5.41) is 0. The van der Waals surface area contributed by atoms with E-state index in [1.807, 2.05) is 0 Å². The van der Waals surface area contributed by atoms with E-state index in [-0.39, 0.29) is 0 Å². The molecule has 0 aliphatic carbocycles. The van der Waals surface area contributed by atoms with E-state index in [1.54, 1.807) is 6.21 Å². The second-order valence-corrected chi connectivity index (χ2v) is 5.03. The molecule has 0 aliphatic rings. The minimum absolute atomic E-state index is 0.590. The highest BCUT2D eigenvalue weighted by Gasteiger charge is 1.96. The highest BCUT2D eigenvalue weighted by molar-refractivity contribution is 7.78. The minimum Gasteiger partial charge on any atom is -0.227 e. The molecule has 0 spiro atoms. The molecule has 90 valence electrons. The fourth-order valence-electron chi connectivity index (χ4n) is 1.03. The summed E-state index contributed by atoms with van der Waals surface area (Å²) >= 11 is 3.77. The summed E-state index contributed by atoms with van der Waals surface area (Å²) in [6.07, 6.45) is 1.73. The quantitative estimate of drug-likeness (QED) is 0.563. The van der Waals surface area contributed by atoms with Gasteiger partial charge in [0, 0.05) is 6.21 Å². The zero-order chi connectivity index (χ0) is 12.6. The molecule has 1 aromatic carbocycles. The van der Waals surface area contributed by atoms with Crippen molar-refractivity contribution in [1.82, 2.24) is 0 Å². The molecule has 0 radical (unpaired) electrons. The predicted molar refractivity (Wildman–Crippen MR) is 77.6 cm³/mol. The lowest BCUT2D eigenvalue weighted by Crippen LogP contribution is -1.87. The number of hydrogen-bond donors (Lipinski definition) is 1. The molecular weight excluding hydrogens is 214 g/mol. The van der Waals surface area contributed by atoms with Crippen LogP contribution in [0.2, 0.25) is 0 Å². The highest BCUT2D eigenvalue weighted by Crippen LogP contribution is 2.13. The van der Waals surface area contributed by atoms with Crippen LogP contribution in [0.25, 0.3) is 0 Å². The lowest BCUT2D eigenvalue weighted by atomic mass is 10.0. The molecule has 0 atom stereocenters. The Balaban J connectivity index is 0.000000487. The van der Waals surface area contributed by atoms with Gasteiger partial charge in [0.15, 0.2) is 0 Å². The number of benzene rings is 1. The van der Waals surface area contributed by atoms with Crippen molar-refractivity contribution in [3.63, 3.8) is 0 Å². The molecule has 0 heterocycles. The lowest BCUT2D eigenvalue weighted by Gasteiger charge is -2.03. The third-order valence-corrected chi connectivity index (χ3v) is 1.93. The normalized spacial score (nSPS) is 10.8. The standard InChI is InChI=1S/C10H13NS.C4H10/c1-8(2)10-5-3-9(4-6-10)7-11-12;1-4(2)3/h3-8,12H,1-2H3;4H,1-3H3/b11-7+;. The largest absolute Gasteiger partial charge is 0.227 e. The maximum absolute atomic E-state index is 3.77. The van der Waals surface area contributed by atoms with Crippen molar-refractivity contribution in [3.8, 4) is 0 Å². The van der Waals surface area contributed by atoms with Gasteiger partial charge < -0.3 is 0 Å². The second kappa shape index (κ2) is 8.40. The zero-order valence-electron chi connectivity index (χ0n) is 10.9. The van der Waals surface area contributed by atoms with E-state index in [1.165, 1.54) is 5.56 Å². The topological polar surface area (TPSA) is 12.4 Å². The molecule has 0 aromatic heterocycles. The molecule has 0 aliphatic heterocycles. The van der Waals surface area contributed by atoms with Crippen molar-refractivity contribution in [1.29, 1.82) is 0 Å². The van der Waals surface area contributed by atoms with Crippen molar-refractivity contribution in [3.05, 3.63) is 35.4 Å². The molecule has 1 nitrogen and oxygen atoms in total. The Hall–Kier alpha value is -0.760. The summed E-state index contributed by atoms with van der Waals surface area (Å²) in [5.74, 6) is 1.42. The molecule has 0 N–H and O–H groups in total. The van der Waals surface area contributed by atoms with Crippen LogP contribution in [0.5, 0.6) is 0 Å². The predicted octanol–water partition coefficient (Wildman–Crippen LogP) is 4.74. The minimum atomic E-state index is 0.590. The van der Waals surface area contributed by atoms with Gasteiger partial charge in [-0.2, -0.15) is 0 Å². The van der Waals surface area contributed by atoms with Gasteiger partial charge in [-0.1, -0.05) is 58.9 Å². The fourth-order valence-corrected chi connectivity index (χ4v) is 1.17. The first-order valence-corrected chi connectivity index (χ1v) is 6.14. The number of hydrogen-bond acceptors (Lipinski definition) is 2. The first kappa shape index (κ1) is 15.2. The number of thiol groups is 1. The van der Waals surface area contributed by atoms with Gasteiger partial charge in [0.25, 0.3) is 0 Å². The van der Waals surface area contributed by atoms with Crippen LogP contribution in [0.1, 0.15) is 51.7 Å². The van der Waals surface area contributed by atoms with E-state index in [4.69, 9.17) is 0 Å². The van der Waals surface area contributed by atoms with Crippen molar-refractivity contribution in [2.24, 2.45) is 10.3 Å². The Bertz CT molecular complexity index is 296. The Morgan fingerprint density at radius 1 is 1.00 bits per heavy atom. The SMILES string of the molecule is CC(C)C.CC(C)c1ccc(/C=N/S)cc1. The van der Waals surface area contributed by atoms with Crippen LogP contribution in [0, 0.1) is 5.92 Å². The van der Waals surface area contributed by atoms with Gasteiger partial charge in [-0.05, 0) is 35.8 Å². The Kier molecular flexibility index (Phi) is 8.00. The van der Waals surface area contributed by atoms with Crippen LogP contribution in [0.3, 0.4) is 0 Å². The summed E-state index contributed by atoms with van der Waals surface area (Å²) in [4.78, 5) is 0. The van der Waals surface area contributed by atoms with Gasteiger partial charge >= 0.3 is 0 Å². The first-order chi connectivity index (χ1) is 7.47. The van der Waals surface area contributed by atoms with Gasteiger partial charge in [-0.25, -0.2) is 4.40 Å². The molecule has 0 fully saturated rings. The summed E-state index contributed by atoms with van der Waals surface area (Å²) < 4.78 is 3.65. The van der Waals surface area contributed by atoms with Gasteiger partial charge in [0.2, 0.25) is 0 Å². The van der Waals surface area contributed by atoms with Crippen molar-refractivity contribution in [2.75, 3.05) is 0 Å². The van der Waals surface area contributed by atoms with E-state index in [2.05, 4.69) is 76.1 Å². The molecule has 1 rings (SSSR count). The smallest absolute Gasteiger partial charge is 0.0420 e. The molecule has 1 aromatic rings. The van der Waals surface area contributed by atoms with Crippen molar-refractivity contribution >= 4 is 19.0 Å². The van der Waals surface area contributed by atoms with Crippen LogP contribution in [0.15, 0.2) is 28.7 Å². The lowest BCUT2D eigenvalue weighted by molar-refractivity contribution is 0.737. The molecule has 2 heteroatoms. The van der Waals surface area contributed by atoms with Crippen LogP contribution in [-0.4, -0.2) is 6.21 Å². The molecule has 0 amide bonds. The maximum Gasteiger partial charge on any atom is 0.0420 e. The molecule has 0 saturated heterocycles. The van der Waals surface area contributed by atoms with Gasteiger partial charge in [-0.15, -0.1) is 0 Å². The van der Waals surface area contributed by atoms with Crippen LogP contribution >= 0.6 is 12.8 Å². The van der Waals surface area contributed by atoms with Crippen LogP contribution < -0.4 is 0 Å². The summed E-state index contributed by atoms with van der Waals surface area (Å²) in [7, 11) is 0. The number of rotatable bonds is 2.